The zero-order valence-corrected chi connectivity index (χ0v) is 8.03. The number of benzene rings is 1. The Morgan fingerprint density at radius 2 is 1.77 bits per heavy atom. The van der Waals surface area contributed by atoms with E-state index in [1.165, 1.54) is 0 Å². The van der Waals surface area contributed by atoms with Gasteiger partial charge in [0, 0.05) is 0 Å². The maximum Gasteiger partial charge on any atom is 0.225 e. The summed E-state index contributed by atoms with van der Waals surface area (Å²) in [6.45, 7) is 4.00. The van der Waals surface area contributed by atoms with Crippen molar-refractivity contribution in [2.75, 3.05) is 0 Å². The van der Waals surface area contributed by atoms with Gasteiger partial charge < -0.3 is 5.73 Å². The third-order valence-corrected chi connectivity index (χ3v) is 2.13. The molecule has 1 aromatic carbocycles. The van der Waals surface area contributed by atoms with Crippen molar-refractivity contribution in [2.45, 2.75) is 19.8 Å². The highest BCUT2D eigenvalue weighted by Gasteiger charge is 2.20. The van der Waals surface area contributed by atoms with Gasteiger partial charge in [-0.3, -0.25) is 4.79 Å². The minimum Gasteiger partial charge on any atom is -0.369 e. The predicted molar refractivity (Wildman–Crippen MR) is 53.2 cm³/mol. The molecule has 13 heavy (non-hydrogen) atoms. The van der Waals surface area contributed by atoms with E-state index in [4.69, 9.17) is 5.73 Å². The number of carbonyl (C=O) groups is 1. The van der Waals surface area contributed by atoms with E-state index in [1.807, 2.05) is 44.2 Å². The fourth-order valence-corrected chi connectivity index (χ4v) is 1.54. The van der Waals surface area contributed by atoms with E-state index in [2.05, 4.69) is 0 Å². The smallest absolute Gasteiger partial charge is 0.225 e. The molecular weight excluding hydrogens is 162 g/mol. The van der Waals surface area contributed by atoms with E-state index in [1.54, 1.807) is 0 Å². The van der Waals surface area contributed by atoms with E-state index in [0.717, 1.165) is 5.56 Å². The largest absolute Gasteiger partial charge is 0.369 e. The number of amides is 1. The molecule has 70 valence electrons. The fourth-order valence-electron chi connectivity index (χ4n) is 1.54. The van der Waals surface area contributed by atoms with E-state index in [0.29, 0.717) is 0 Å². The van der Waals surface area contributed by atoms with Crippen molar-refractivity contribution in [3.8, 4) is 0 Å². The van der Waals surface area contributed by atoms with Gasteiger partial charge in [0.05, 0.1) is 5.92 Å². The van der Waals surface area contributed by atoms with Crippen LogP contribution in [-0.4, -0.2) is 5.91 Å². The van der Waals surface area contributed by atoms with Gasteiger partial charge in [-0.25, -0.2) is 0 Å². The van der Waals surface area contributed by atoms with Crippen LogP contribution in [0.3, 0.4) is 0 Å². The first kappa shape index (κ1) is 9.78. The molecule has 0 saturated heterocycles. The number of nitrogens with two attached hydrogens (primary N) is 1. The second kappa shape index (κ2) is 4.08. The van der Waals surface area contributed by atoms with E-state index < -0.39 is 0 Å². The number of hydrogen-bond acceptors (Lipinski definition) is 1. The van der Waals surface area contributed by atoms with Crippen molar-refractivity contribution in [2.24, 2.45) is 11.7 Å². The molecule has 0 aliphatic heterocycles. The molecule has 2 N–H and O–H groups in total. The van der Waals surface area contributed by atoms with Gasteiger partial charge in [-0.15, -0.1) is 0 Å². The van der Waals surface area contributed by atoms with E-state index in [9.17, 15) is 4.79 Å². The Kier molecular flexibility index (Phi) is 3.07. The number of rotatable bonds is 3. The van der Waals surface area contributed by atoms with Crippen LogP contribution in [0.15, 0.2) is 30.3 Å². The summed E-state index contributed by atoms with van der Waals surface area (Å²) in [5.41, 5.74) is 6.34. The standard InChI is InChI=1S/C11H15NO/c1-8(2)10(11(12)13)9-6-4-3-5-7-9/h3-8,10H,1-2H3,(H2,12,13)/t10-/m1/s1. The maximum atomic E-state index is 11.2. The Morgan fingerprint density at radius 3 is 2.15 bits per heavy atom. The SMILES string of the molecule is CC(C)[C@@H](C(N)=O)c1ccccc1. The van der Waals surface area contributed by atoms with Gasteiger partial charge in [0.15, 0.2) is 0 Å². The molecule has 0 heterocycles. The maximum absolute atomic E-state index is 11.2. The molecule has 1 rings (SSSR count). The molecule has 0 fully saturated rings. The van der Waals surface area contributed by atoms with Crippen molar-refractivity contribution in [1.82, 2.24) is 0 Å². The van der Waals surface area contributed by atoms with Crippen molar-refractivity contribution in [3.63, 3.8) is 0 Å². The number of primary amides is 1. The molecule has 0 aliphatic carbocycles. The second-order valence-corrected chi connectivity index (χ2v) is 3.53. The molecule has 0 radical (unpaired) electrons. The molecule has 0 aliphatic rings. The van der Waals surface area contributed by atoms with Crippen LogP contribution in [0.4, 0.5) is 0 Å². The summed E-state index contributed by atoms with van der Waals surface area (Å²) in [6.07, 6.45) is 0. The van der Waals surface area contributed by atoms with Crippen LogP contribution < -0.4 is 5.73 Å². The van der Waals surface area contributed by atoms with Crippen molar-refractivity contribution < 1.29 is 4.79 Å². The Morgan fingerprint density at radius 1 is 1.23 bits per heavy atom. The Hall–Kier alpha value is -1.31. The van der Waals surface area contributed by atoms with Crippen molar-refractivity contribution >= 4 is 5.91 Å². The summed E-state index contributed by atoms with van der Waals surface area (Å²) in [7, 11) is 0. The van der Waals surface area contributed by atoms with Gasteiger partial charge in [-0.2, -0.15) is 0 Å². The molecule has 0 unspecified atom stereocenters. The Labute approximate surface area is 78.8 Å². The van der Waals surface area contributed by atoms with Crippen LogP contribution in [0.2, 0.25) is 0 Å². The molecule has 1 amide bonds. The summed E-state index contributed by atoms with van der Waals surface area (Å²) in [5, 5.41) is 0. The first-order valence-electron chi connectivity index (χ1n) is 4.47. The molecule has 2 heteroatoms. The lowest BCUT2D eigenvalue weighted by Crippen LogP contribution is -2.25. The first-order chi connectivity index (χ1) is 6.13. The molecule has 0 saturated carbocycles. The summed E-state index contributed by atoms with van der Waals surface area (Å²) in [4.78, 5) is 11.2. The third-order valence-electron chi connectivity index (χ3n) is 2.13. The summed E-state index contributed by atoms with van der Waals surface area (Å²) in [6, 6.07) is 9.66. The van der Waals surface area contributed by atoms with Crippen LogP contribution in [-0.2, 0) is 4.79 Å². The van der Waals surface area contributed by atoms with Crippen LogP contribution in [0.5, 0.6) is 0 Å². The van der Waals surface area contributed by atoms with Gasteiger partial charge in [-0.05, 0) is 11.5 Å². The van der Waals surface area contributed by atoms with Crippen LogP contribution in [0.25, 0.3) is 0 Å². The quantitative estimate of drug-likeness (QED) is 0.753. The minimum absolute atomic E-state index is 0.166. The highest BCUT2D eigenvalue weighted by Crippen LogP contribution is 2.23. The molecule has 0 aromatic heterocycles. The normalized spacial score (nSPS) is 12.8. The molecule has 0 spiro atoms. The highest BCUT2D eigenvalue weighted by atomic mass is 16.1. The third kappa shape index (κ3) is 2.31. The summed E-state index contributed by atoms with van der Waals surface area (Å²) in [5.74, 6) is -0.165. The van der Waals surface area contributed by atoms with Crippen LogP contribution in [0, 0.1) is 5.92 Å². The zero-order valence-electron chi connectivity index (χ0n) is 8.03. The second-order valence-electron chi connectivity index (χ2n) is 3.53. The van der Waals surface area contributed by atoms with Gasteiger partial charge in [0.1, 0.15) is 0 Å². The van der Waals surface area contributed by atoms with E-state index in [-0.39, 0.29) is 17.7 Å². The van der Waals surface area contributed by atoms with Crippen LogP contribution in [0.1, 0.15) is 25.3 Å². The Bertz CT molecular complexity index is 279. The highest BCUT2D eigenvalue weighted by molar-refractivity contribution is 5.82. The van der Waals surface area contributed by atoms with Gasteiger partial charge in [0.2, 0.25) is 5.91 Å². The zero-order chi connectivity index (χ0) is 9.84. The molecule has 2 nitrogen and oxygen atoms in total. The summed E-state index contributed by atoms with van der Waals surface area (Å²) >= 11 is 0. The lowest BCUT2D eigenvalue weighted by atomic mass is 9.88. The fraction of sp³-hybridized carbons (Fsp3) is 0.364. The van der Waals surface area contributed by atoms with Crippen molar-refractivity contribution in [3.05, 3.63) is 35.9 Å². The van der Waals surface area contributed by atoms with Gasteiger partial charge in [-0.1, -0.05) is 44.2 Å². The molecule has 1 aromatic rings. The van der Waals surface area contributed by atoms with E-state index >= 15 is 0 Å². The topological polar surface area (TPSA) is 43.1 Å². The number of carbonyl (C=O) groups excluding carboxylic acids is 1. The van der Waals surface area contributed by atoms with Gasteiger partial charge >= 0.3 is 0 Å². The van der Waals surface area contributed by atoms with Gasteiger partial charge in [0.25, 0.3) is 0 Å². The molecular formula is C11H15NO. The van der Waals surface area contributed by atoms with Crippen LogP contribution >= 0.6 is 0 Å². The monoisotopic (exact) mass is 177 g/mol. The average molecular weight is 177 g/mol. The summed E-state index contributed by atoms with van der Waals surface area (Å²) < 4.78 is 0. The minimum atomic E-state index is -0.249. The predicted octanol–water partition coefficient (Wildman–Crippen LogP) is 1.91. The number of hydrogen-bond donors (Lipinski definition) is 1. The average Bonchev–Trinajstić information content (AvgIpc) is 2.04. The van der Waals surface area contributed by atoms with Crippen molar-refractivity contribution in [1.29, 1.82) is 0 Å². The lowest BCUT2D eigenvalue weighted by molar-refractivity contribution is -0.120. The molecule has 0 bridgehead atoms. The Balaban J connectivity index is 2.96. The lowest BCUT2D eigenvalue weighted by Gasteiger charge is -2.17. The molecule has 1 atom stereocenters. The first-order valence-corrected chi connectivity index (χ1v) is 4.47.